The maximum Gasteiger partial charge on any atom is 0.188 e. The lowest BCUT2D eigenvalue weighted by Crippen LogP contribution is -2.41. The number of nitrogens with two attached hydrogens (primary N) is 1. The fourth-order valence-electron chi connectivity index (χ4n) is 2.60. The van der Waals surface area contributed by atoms with Crippen LogP contribution in [0.3, 0.4) is 0 Å². The van der Waals surface area contributed by atoms with Gasteiger partial charge in [-0.15, -0.1) is 0 Å². The predicted octanol–water partition coefficient (Wildman–Crippen LogP) is 0.961. The normalized spacial score (nSPS) is 18.9. The fraction of sp³-hybridized carbons (Fsp3) is 0.571. The van der Waals surface area contributed by atoms with Gasteiger partial charge in [0.2, 0.25) is 0 Å². The molecule has 1 aromatic heterocycles. The summed E-state index contributed by atoms with van der Waals surface area (Å²) in [5, 5.41) is 25.2. The van der Waals surface area contributed by atoms with E-state index in [1.54, 1.807) is 12.3 Å². The van der Waals surface area contributed by atoms with Crippen LogP contribution in [0.2, 0.25) is 0 Å². The Labute approximate surface area is 118 Å². The third-order valence-corrected chi connectivity index (χ3v) is 3.76. The van der Waals surface area contributed by atoms with Crippen molar-refractivity contribution in [2.24, 2.45) is 10.9 Å². The first-order chi connectivity index (χ1) is 9.63. The van der Waals surface area contributed by atoms with Gasteiger partial charge < -0.3 is 21.4 Å². The van der Waals surface area contributed by atoms with E-state index >= 15 is 0 Å². The molecule has 0 bridgehead atoms. The van der Waals surface area contributed by atoms with Crippen LogP contribution in [-0.4, -0.2) is 33.3 Å². The Morgan fingerprint density at radius 3 is 2.85 bits per heavy atom. The summed E-state index contributed by atoms with van der Waals surface area (Å²) in [4.78, 5) is 4.03. The Morgan fingerprint density at radius 1 is 1.40 bits per heavy atom. The fourth-order valence-corrected chi connectivity index (χ4v) is 2.60. The van der Waals surface area contributed by atoms with Crippen LogP contribution in [-0.2, 0) is 6.54 Å². The van der Waals surface area contributed by atoms with E-state index in [4.69, 9.17) is 10.9 Å². The molecule has 0 aliphatic heterocycles. The molecule has 0 aromatic carbocycles. The van der Waals surface area contributed by atoms with Gasteiger partial charge in [-0.25, -0.2) is 0 Å². The minimum absolute atomic E-state index is 0.00208. The lowest BCUT2D eigenvalue weighted by molar-refractivity contribution is 0.00467. The largest absolute Gasteiger partial charge is 0.409 e. The molecular weight excluding hydrogens is 256 g/mol. The summed E-state index contributed by atoms with van der Waals surface area (Å²) in [6, 6.07) is 3.64. The van der Waals surface area contributed by atoms with Gasteiger partial charge in [0.05, 0.1) is 5.60 Å². The number of oxime groups is 1. The van der Waals surface area contributed by atoms with Gasteiger partial charge in [-0.05, 0) is 30.5 Å². The monoisotopic (exact) mass is 278 g/mol. The number of hydrogen-bond acceptors (Lipinski definition) is 5. The number of amidine groups is 1. The predicted molar refractivity (Wildman–Crippen MR) is 76.5 cm³/mol. The molecule has 1 saturated carbocycles. The third kappa shape index (κ3) is 3.91. The van der Waals surface area contributed by atoms with Gasteiger partial charge in [0.15, 0.2) is 5.84 Å². The summed E-state index contributed by atoms with van der Waals surface area (Å²) in [5.74, 6) is -0.00208. The highest BCUT2D eigenvalue weighted by atomic mass is 16.4. The van der Waals surface area contributed by atoms with E-state index in [0.29, 0.717) is 18.8 Å². The van der Waals surface area contributed by atoms with Crippen molar-refractivity contribution in [2.45, 2.75) is 44.2 Å². The number of aliphatic hydroxyl groups is 1. The first kappa shape index (κ1) is 14.7. The zero-order chi connectivity index (χ0) is 14.4. The van der Waals surface area contributed by atoms with Gasteiger partial charge in [0.1, 0.15) is 5.69 Å². The summed E-state index contributed by atoms with van der Waals surface area (Å²) in [6.45, 7) is 1.21. The molecule has 6 heteroatoms. The quantitative estimate of drug-likeness (QED) is 0.278. The van der Waals surface area contributed by atoms with Gasteiger partial charge in [-0.1, -0.05) is 24.4 Å². The summed E-state index contributed by atoms with van der Waals surface area (Å²) >= 11 is 0. The minimum atomic E-state index is -0.570. The van der Waals surface area contributed by atoms with Crippen LogP contribution in [0.5, 0.6) is 0 Å². The SMILES string of the molecule is NC(=NO)c1cc(CNCC2(O)CCCCC2)ccn1. The third-order valence-electron chi connectivity index (χ3n) is 3.76. The molecule has 1 fully saturated rings. The van der Waals surface area contributed by atoms with Crippen LogP contribution in [0.4, 0.5) is 0 Å². The Balaban J connectivity index is 1.88. The molecular formula is C14H22N4O2. The van der Waals surface area contributed by atoms with Crippen LogP contribution < -0.4 is 11.1 Å². The second kappa shape index (κ2) is 6.67. The topological polar surface area (TPSA) is 104 Å². The number of nitrogens with one attached hydrogen (secondary N) is 1. The van der Waals surface area contributed by atoms with Crippen LogP contribution in [0.25, 0.3) is 0 Å². The standard InChI is InChI=1S/C14H22N4O2/c15-13(18-20)12-8-11(4-7-17-12)9-16-10-14(19)5-2-1-3-6-14/h4,7-8,16,19-20H,1-3,5-6,9-10H2,(H2,15,18). The zero-order valence-corrected chi connectivity index (χ0v) is 11.5. The highest BCUT2D eigenvalue weighted by Gasteiger charge is 2.28. The van der Waals surface area contributed by atoms with E-state index in [-0.39, 0.29) is 5.84 Å². The minimum Gasteiger partial charge on any atom is -0.409 e. The van der Waals surface area contributed by atoms with E-state index < -0.39 is 5.60 Å². The van der Waals surface area contributed by atoms with Crippen molar-refractivity contribution in [2.75, 3.05) is 6.54 Å². The summed E-state index contributed by atoms with van der Waals surface area (Å²) in [7, 11) is 0. The van der Waals surface area contributed by atoms with Gasteiger partial charge in [0.25, 0.3) is 0 Å². The molecule has 1 aromatic rings. The van der Waals surface area contributed by atoms with Crippen molar-refractivity contribution in [3.8, 4) is 0 Å². The van der Waals surface area contributed by atoms with E-state index in [2.05, 4.69) is 15.5 Å². The summed E-state index contributed by atoms with van der Waals surface area (Å²) in [6.07, 6.45) is 6.77. The molecule has 0 atom stereocenters. The van der Waals surface area contributed by atoms with E-state index in [0.717, 1.165) is 31.2 Å². The maximum atomic E-state index is 10.4. The van der Waals surface area contributed by atoms with E-state index in [9.17, 15) is 5.11 Å². The Morgan fingerprint density at radius 2 is 2.15 bits per heavy atom. The molecule has 0 unspecified atom stereocenters. The second-order valence-electron chi connectivity index (χ2n) is 5.42. The molecule has 1 aliphatic rings. The second-order valence-corrected chi connectivity index (χ2v) is 5.42. The molecule has 110 valence electrons. The van der Waals surface area contributed by atoms with Crippen molar-refractivity contribution in [3.05, 3.63) is 29.6 Å². The zero-order valence-electron chi connectivity index (χ0n) is 11.5. The molecule has 0 radical (unpaired) electrons. The molecule has 5 N–H and O–H groups in total. The van der Waals surface area contributed by atoms with Crippen molar-refractivity contribution in [1.82, 2.24) is 10.3 Å². The number of aromatic nitrogens is 1. The van der Waals surface area contributed by atoms with Crippen LogP contribution in [0.15, 0.2) is 23.5 Å². The van der Waals surface area contributed by atoms with Crippen LogP contribution in [0.1, 0.15) is 43.4 Å². The molecule has 6 nitrogen and oxygen atoms in total. The van der Waals surface area contributed by atoms with E-state index in [1.165, 1.54) is 6.42 Å². The van der Waals surface area contributed by atoms with Crippen molar-refractivity contribution < 1.29 is 10.3 Å². The van der Waals surface area contributed by atoms with Crippen LogP contribution >= 0.6 is 0 Å². The van der Waals surface area contributed by atoms with Crippen LogP contribution in [0, 0.1) is 0 Å². The molecule has 1 aliphatic carbocycles. The Bertz CT molecular complexity index is 470. The molecule has 1 heterocycles. The van der Waals surface area contributed by atoms with Crippen molar-refractivity contribution >= 4 is 5.84 Å². The molecule has 2 rings (SSSR count). The number of nitrogens with zero attached hydrogens (tertiary/aromatic N) is 2. The van der Waals surface area contributed by atoms with Crippen molar-refractivity contribution in [1.29, 1.82) is 0 Å². The highest BCUT2D eigenvalue weighted by Crippen LogP contribution is 2.27. The van der Waals surface area contributed by atoms with Gasteiger partial charge in [0, 0.05) is 19.3 Å². The first-order valence-electron chi connectivity index (χ1n) is 6.99. The van der Waals surface area contributed by atoms with Gasteiger partial charge in [-0.3, -0.25) is 4.98 Å². The van der Waals surface area contributed by atoms with Gasteiger partial charge in [-0.2, -0.15) is 0 Å². The smallest absolute Gasteiger partial charge is 0.188 e. The maximum absolute atomic E-state index is 10.4. The average molecular weight is 278 g/mol. The van der Waals surface area contributed by atoms with E-state index in [1.807, 2.05) is 6.07 Å². The van der Waals surface area contributed by atoms with Gasteiger partial charge >= 0.3 is 0 Å². The Hall–Kier alpha value is -1.66. The number of hydrogen-bond donors (Lipinski definition) is 4. The summed E-state index contributed by atoms with van der Waals surface area (Å²) in [5.41, 5.74) is 6.37. The average Bonchev–Trinajstić information content (AvgIpc) is 2.47. The Kier molecular flexibility index (Phi) is 4.92. The highest BCUT2D eigenvalue weighted by molar-refractivity contribution is 5.95. The molecule has 20 heavy (non-hydrogen) atoms. The molecule has 0 saturated heterocycles. The lowest BCUT2D eigenvalue weighted by atomic mass is 9.85. The lowest BCUT2D eigenvalue weighted by Gasteiger charge is -2.32. The first-order valence-corrected chi connectivity index (χ1v) is 6.99. The number of rotatable bonds is 5. The summed E-state index contributed by atoms with van der Waals surface area (Å²) < 4.78 is 0. The molecule has 0 amide bonds. The van der Waals surface area contributed by atoms with Crippen molar-refractivity contribution in [3.63, 3.8) is 0 Å². The number of pyridine rings is 1. The molecule has 0 spiro atoms.